The van der Waals surface area contributed by atoms with Crippen molar-refractivity contribution in [2.75, 3.05) is 19.6 Å². The minimum Gasteiger partial charge on any atom is -0.489 e. The first-order valence-corrected chi connectivity index (χ1v) is 23.3. The zero-order chi connectivity index (χ0) is 45.9. The summed E-state index contributed by atoms with van der Waals surface area (Å²) < 4.78 is 6.36. The van der Waals surface area contributed by atoms with Gasteiger partial charge in [0.15, 0.2) is 0 Å². The van der Waals surface area contributed by atoms with Crippen molar-refractivity contribution in [3.63, 3.8) is 0 Å². The molecule has 64 heavy (non-hydrogen) atoms. The first kappa shape index (κ1) is 46.8. The van der Waals surface area contributed by atoms with E-state index in [2.05, 4.69) is 31.2 Å². The number of hydrogen-bond acceptors (Lipinski definition) is 11. The topological polar surface area (TPSA) is 212 Å². The number of halogens is 1. The Bertz CT molecular complexity index is 2090. The van der Waals surface area contributed by atoms with Crippen LogP contribution >= 0.6 is 11.6 Å². The number of fused-ring (bicyclic) bond motifs is 2. The maximum atomic E-state index is 15.4. The van der Waals surface area contributed by atoms with Gasteiger partial charge in [0.05, 0.1) is 24.8 Å². The van der Waals surface area contributed by atoms with Gasteiger partial charge in [-0.2, -0.15) is 0 Å². The fourth-order valence-electron chi connectivity index (χ4n) is 10.0. The third-order valence-corrected chi connectivity index (χ3v) is 13.6. The van der Waals surface area contributed by atoms with Crippen molar-refractivity contribution in [2.45, 2.75) is 153 Å². The Balaban J connectivity index is 1.21. The average Bonchev–Trinajstić information content (AvgIpc) is 3.77. The van der Waals surface area contributed by atoms with Crippen LogP contribution in [0.2, 0.25) is 5.02 Å². The lowest BCUT2D eigenvalue weighted by Crippen LogP contribution is -2.62. The first-order chi connectivity index (χ1) is 30.5. The number of likely N-dealkylation sites (N-methyl/N-ethyl adjacent to an activating group) is 1. The molecule has 2 unspecified atom stereocenters. The number of rotatable bonds is 16. The summed E-state index contributed by atoms with van der Waals surface area (Å²) in [7, 11) is 0. The maximum Gasteiger partial charge on any atom is 0.289 e. The minimum absolute atomic E-state index is 0.00444. The fourth-order valence-corrected chi connectivity index (χ4v) is 10.2. The normalized spacial score (nSPS) is 25.0. The number of nitrogens with one attached hydrogen (secondary N) is 4. The Morgan fingerprint density at radius 2 is 1.73 bits per heavy atom. The molecule has 2 saturated carbocycles. The SMILES string of the molecule is CCCC(NC(=O)[C@@H]1CC2(CN1C(=O)[C@@H](NC(=O)[C@@H](NC(=O)c1cnccn1)C1CCCCC1)C(C)(C)C)N(CC)C(=O)[C@@H]1C[C@H](Oc3cccc(Cl)c3)CN12)C(=O)C(=O)NC1CC1. The van der Waals surface area contributed by atoms with Crippen molar-refractivity contribution in [3.05, 3.63) is 53.6 Å². The second-order valence-corrected chi connectivity index (χ2v) is 19.5. The highest BCUT2D eigenvalue weighted by molar-refractivity contribution is 6.38. The molecule has 3 aliphatic heterocycles. The van der Waals surface area contributed by atoms with Crippen molar-refractivity contribution >= 4 is 52.8 Å². The van der Waals surface area contributed by atoms with E-state index in [9.17, 15) is 28.8 Å². The quantitative estimate of drug-likeness (QED) is 0.180. The number of carbonyl (C=O) groups is 7. The van der Waals surface area contributed by atoms with Crippen LogP contribution in [0.1, 0.15) is 116 Å². The maximum absolute atomic E-state index is 15.4. The summed E-state index contributed by atoms with van der Waals surface area (Å²) >= 11 is 6.27. The predicted octanol–water partition coefficient (Wildman–Crippen LogP) is 3.15. The Labute approximate surface area is 379 Å². The van der Waals surface area contributed by atoms with Gasteiger partial charge in [-0.25, -0.2) is 4.98 Å². The molecule has 4 heterocycles. The van der Waals surface area contributed by atoms with Crippen molar-refractivity contribution in [2.24, 2.45) is 11.3 Å². The van der Waals surface area contributed by atoms with Gasteiger partial charge in [0, 0.05) is 49.4 Å². The molecule has 17 nitrogen and oxygen atoms in total. The number of benzene rings is 1. The molecule has 5 aliphatic rings. The van der Waals surface area contributed by atoms with E-state index in [1.807, 2.05) is 39.5 Å². The van der Waals surface area contributed by atoms with Crippen LogP contribution in [0.15, 0.2) is 42.9 Å². The number of aromatic nitrogens is 2. The Kier molecular flexibility index (Phi) is 14.3. The highest BCUT2D eigenvalue weighted by Crippen LogP contribution is 2.47. The van der Waals surface area contributed by atoms with Crippen LogP contribution < -0.4 is 26.0 Å². The number of ketones is 1. The van der Waals surface area contributed by atoms with E-state index in [-0.39, 0.29) is 49.5 Å². The molecule has 4 N–H and O–H groups in total. The molecule has 18 heteroatoms. The Hall–Kier alpha value is -5.16. The number of Topliss-reactive ketones (excluding diaryl/α,β-unsaturated/α-hetero) is 1. The van der Waals surface area contributed by atoms with Gasteiger partial charge in [0.25, 0.3) is 11.8 Å². The minimum atomic E-state index is -1.22. The number of carbonyl (C=O) groups excluding carboxylic acids is 7. The van der Waals surface area contributed by atoms with Crippen molar-refractivity contribution in [1.29, 1.82) is 0 Å². The van der Waals surface area contributed by atoms with Crippen LogP contribution in [0.3, 0.4) is 0 Å². The van der Waals surface area contributed by atoms with Gasteiger partial charge < -0.3 is 35.8 Å². The zero-order valence-electron chi connectivity index (χ0n) is 37.4. The van der Waals surface area contributed by atoms with Crippen LogP contribution in [0.4, 0.5) is 0 Å². The van der Waals surface area contributed by atoms with Crippen LogP contribution in [0.25, 0.3) is 0 Å². The molecule has 5 fully saturated rings. The first-order valence-electron chi connectivity index (χ1n) is 22.9. The predicted molar refractivity (Wildman–Crippen MR) is 235 cm³/mol. The van der Waals surface area contributed by atoms with Crippen molar-refractivity contribution in [3.8, 4) is 5.75 Å². The lowest BCUT2D eigenvalue weighted by atomic mass is 9.82. The molecule has 0 bridgehead atoms. The summed E-state index contributed by atoms with van der Waals surface area (Å²) in [5.74, 6) is -3.68. The molecule has 6 amide bonds. The van der Waals surface area contributed by atoms with E-state index >= 15 is 4.79 Å². The molecule has 2 aliphatic carbocycles. The van der Waals surface area contributed by atoms with Gasteiger partial charge in [-0.05, 0) is 68.6 Å². The van der Waals surface area contributed by atoms with Crippen LogP contribution in [-0.2, 0) is 28.8 Å². The number of ether oxygens (including phenoxy) is 1. The monoisotopic (exact) mass is 903 g/mol. The van der Waals surface area contributed by atoms with Gasteiger partial charge in [-0.1, -0.05) is 71.0 Å². The molecule has 3 saturated heterocycles. The molecule has 1 aromatic carbocycles. The average molecular weight is 905 g/mol. The van der Waals surface area contributed by atoms with E-state index in [1.54, 1.807) is 29.2 Å². The van der Waals surface area contributed by atoms with Gasteiger partial charge in [-0.3, -0.25) is 43.4 Å². The van der Waals surface area contributed by atoms with Crippen LogP contribution in [-0.4, -0.2) is 134 Å². The second-order valence-electron chi connectivity index (χ2n) is 19.1. The number of amides is 6. The lowest BCUT2D eigenvalue weighted by Gasteiger charge is -2.41. The molecular formula is C46H62ClN9O8. The lowest BCUT2D eigenvalue weighted by molar-refractivity contribution is -0.145. The summed E-state index contributed by atoms with van der Waals surface area (Å²) in [6.07, 6.45) is 10.5. The number of nitrogens with zero attached hydrogens (tertiary/aromatic N) is 5. The van der Waals surface area contributed by atoms with E-state index in [4.69, 9.17) is 16.3 Å². The standard InChI is InChI=1S/C46H62ClN9O8/c1-6-12-32(37(57)42(61)50-29-17-18-29)51-40(59)35-23-46(55(7-2)43(62)34-22-31(25-56(34)46)64-30-16-11-15-28(47)21-30)26-54(35)44(63)38(45(3,4)5)53-41(60)36(27-13-9-8-10-14-27)52-39(58)33-24-48-19-20-49-33/h11,15-16,19-21,24,27,29,31-32,34-36,38H,6-10,12-14,17-18,22-23,25-26H2,1-5H3,(H,50,61)(H,51,59)(H,52,58)(H,53,60)/t31-,32?,34-,35-,36-,38+,46?/m0/s1. The third-order valence-electron chi connectivity index (χ3n) is 13.4. The van der Waals surface area contributed by atoms with Crippen LogP contribution in [0.5, 0.6) is 5.75 Å². The summed E-state index contributed by atoms with van der Waals surface area (Å²) in [6.45, 7) is 9.64. The highest BCUT2D eigenvalue weighted by Gasteiger charge is 2.66. The van der Waals surface area contributed by atoms with E-state index < -0.39 is 82.7 Å². The zero-order valence-corrected chi connectivity index (χ0v) is 38.2. The molecule has 2 aromatic rings. The smallest absolute Gasteiger partial charge is 0.289 e. The van der Waals surface area contributed by atoms with Gasteiger partial charge >= 0.3 is 0 Å². The molecule has 1 spiro atoms. The van der Waals surface area contributed by atoms with Gasteiger partial charge in [0.1, 0.15) is 41.3 Å². The molecule has 7 rings (SSSR count). The summed E-state index contributed by atoms with van der Waals surface area (Å²) in [4.78, 5) is 113. The largest absolute Gasteiger partial charge is 0.489 e. The van der Waals surface area contributed by atoms with Gasteiger partial charge in [0.2, 0.25) is 29.4 Å². The van der Waals surface area contributed by atoms with E-state index in [1.165, 1.54) is 23.5 Å². The van der Waals surface area contributed by atoms with E-state index in [0.29, 0.717) is 43.0 Å². The van der Waals surface area contributed by atoms with E-state index in [0.717, 1.165) is 32.1 Å². The Morgan fingerprint density at radius 3 is 2.38 bits per heavy atom. The molecule has 0 radical (unpaired) electrons. The molecule has 346 valence electrons. The molecule has 7 atom stereocenters. The van der Waals surface area contributed by atoms with Crippen molar-refractivity contribution in [1.82, 2.24) is 45.9 Å². The summed E-state index contributed by atoms with van der Waals surface area (Å²) in [6, 6.07) is 1.78. The van der Waals surface area contributed by atoms with Crippen molar-refractivity contribution < 1.29 is 38.3 Å². The number of hydrogen-bond donors (Lipinski definition) is 4. The molecular weight excluding hydrogens is 842 g/mol. The summed E-state index contributed by atoms with van der Waals surface area (Å²) in [5.41, 5.74) is -2.03. The highest BCUT2D eigenvalue weighted by atomic mass is 35.5. The summed E-state index contributed by atoms with van der Waals surface area (Å²) in [5, 5.41) is 12.0. The second kappa shape index (κ2) is 19.5. The fraction of sp³-hybridized carbons (Fsp3) is 0.630. The third kappa shape index (κ3) is 10.0. The number of likely N-dealkylation sites (tertiary alicyclic amines) is 1. The Morgan fingerprint density at radius 1 is 0.984 bits per heavy atom. The van der Waals surface area contributed by atoms with Crippen LogP contribution in [0, 0.1) is 11.3 Å². The van der Waals surface area contributed by atoms with Gasteiger partial charge in [-0.15, -0.1) is 0 Å². The molecule has 1 aromatic heterocycles.